The average Bonchev–Trinajstić information content (AvgIpc) is 3.68. The van der Waals surface area contributed by atoms with Crippen molar-refractivity contribution < 1.29 is 14.4 Å². The molecule has 3 aliphatic rings. The molecule has 2 aromatic heterocycles. The second-order valence-corrected chi connectivity index (χ2v) is 13.5. The van der Waals surface area contributed by atoms with Crippen LogP contribution in [-0.2, 0) is 40.3 Å². The van der Waals surface area contributed by atoms with E-state index in [4.69, 9.17) is 5.73 Å². The zero-order chi connectivity index (χ0) is 35.2. The molecule has 0 bridgehead atoms. The molecule has 2 aromatic carbocycles. The molecule has 0 radical (unpaired) electrons. The highest BCUT2D eigenvalue weighted by Gasteiger charge is 2.35. The van der Waals surface area contributed by atoms with Crippen molar-refractivity contribution in [3.05, 3.63) is 70.8 Å². The first-order valence-electron chi connectivity index (χ1n) is 18.0. The highest BCUT2D eigenvalue weighted by atomic mass is 16.2. The highest BCUT2D eigenvalue weighted by molar-refractivity contribution is 6.00. The van der Waals surface area contributed by atoms with E-state index in [9.17, 15) is 14.4 Å². The number of unbranched alkanes of at least 4 members (excludes halogenated alkanes) is 3. The number of anilines is 3. The fraction of sp³-hybridized carbons (Fsp3) is 0.432. The molecule has 266 valence electrons. The Morgan fingerprint density at radius 2 is 1.73 bits per heavy atom. The van der Waals surface area contributed by atoms with E-state index in [1.54, 1.807) is 0 Å². The van der Waals surface area contributed by atoms with Crippen LogP contribution in [0.1, 0.15) is 73.6 Å². The van der Waals surface area contributed by atoms with Crippen LogP contribution in [0.2, 0.25) is 0 Å². The lowest BCUT2D eigenvalue weighted by Gasteiger charge is -2.29. The van der Waals surface area contributed by atoms with Crippen molar-refractivity contribution in [1.82, 2.24) is 40.5 Å². The van der Waals surface area contributed by atoms with Gasteiger partial charge in [0.25, 0.3) is 0 Å². The fourth-order valence-electron chi connectivity index (χ4n) is 7.26. The summed E-state index contributed by atoms with van der Waals surface area (Å²) in [5.41, 5.74) is 14.2. The van der Waals surface area contributed by atoms with Crippen molar-refractivity contribution in [3.8, 4) is 17.1 Å². The van der Waals surface area contributed by atoms with Crippen LogP contribution in [0.4, 0.5) is 17.6 Å². The molecule has 4 heterocycles. The number of nitrogen functional groups attached to an aromatic ring is 1. The molecular formula is C37H45N11O3. The molecule has 0 saturated carbocycles. The number of fused-ring (bicyclic) bond motifs is 4. The number of carbonyl (C=O) groups excluding carboxylic acids is 3. The van der Waals surface area contributed by atoms with Gasteiger partial charge in [0.1, 0.15) is 0 Å². The fourth-order valence-corrected chi connectivity index (χ4v) is 7.26. The summed E-state index contributed by atoms with van der Waals surface area (Å²) in [6.45, 7) is 3.16. The Morgan fingerprint density at radius 3 is 2.63 bits per heavy atom. The van der Waals surface area contributed by atoms with Gasteiger partial charge in [0.15, 0.2) is 5.82 Å². The van der Waals surface area contributed by atoms with Gasteiger partial charge in [-0.05, 0) is 72.9 Å². The number of nitrogens with zero attached hydrogens (tertiary/aromatic N) is 6. The van der Waals surface area contributed by atoms with Crippen LogP contribution in [0, 0.1) is 0 Å². The molecule has 3 amide bonds. The summed E-state index contributed by atoms with van der Waals surface area (Å²) < 4.78 is 1.49. The summed E-state index contributed by atoms with van der Waals surface area (Å²) >= 11 is 0. The van der Waals surface area contributed by atoms with Crippen LogP contribution in [0.25, 0.3) is 17.1 Å². The first kappa shape index (κ1) is 34.1. The molecule has 1 fully saturated rings. The Morgan fingerprint density at radius 1 is 0.882 bits per heavy atom. The molecule has 1 aliphatic carbocycles. The van der Waals surface area contributed by atoms with Crippen LogP contribution in [0.3, 0.4) is 0 Å². The number of nitrogens with two attached hydrogens (primary N) is 1. The van der Waals surface area contributed by atoms with Crippen molar-refractivity contribution in [2.45, 2.75) is 83.3 Å². The van der Waals surface area contributed by atoms with Crippen LogP contribution < -0.4 is 27.0 Å². The Labute approximate surface area is 297 Å². The predicted molar refractivity (Wildman–Crippen MR) is 194 cm³/mol. The van der Waals surface area contributed by atoms with Crippen molar-refractivity contribution in [2.75, 3.05) is 36.0 Å². The van der Waals surface area contributed by atoms with Gasteiger partial charge in [-0.2, -0.15) is 9.67 Å². The smallest absolute Gasteiger partial charge is 0.244 e. The molecule has 6 N–H and O–H groups in total. The summed E-state index contributed by atoms with van der Waals surface area (Å²) in [5, 5.41) is 25.6. The maximum absolute atomic E-state index is 12.4. The molecule has 4 aromatic rings. The summed E-state index contributed by atoms with van der Waals surface area (Å²) in [6.07, 6.45) is 8.20. The van der Waals surface area contributed by atoms with Gasteiger partial charge in [-0.15, -0.1) is 15.3 Å². The van der Waals surface area contributed by atoms with Gasteiger partial charge >= 0.3 is 0 Å². The molecule has 14 heteroatoms. The largest absolute Gasteiger partial charge is 0.385 e. The third-order valence-corrected chi connectivity index (χ3v) is 9.91. The first-order valence-corrected chi connectivity index (χ1v) is 18.0. The van der Waals surface area contributed by atoms with E-state index in [1.165, 1.54) is 21.4 Å². The molecule has 7 rings (SSSR count). The quantitative estimate of drug-likeness (QED) is 0.0963. The number of aromatic nitrogens is 5. The number of hydrogen-bond donors (Lipinski definition) is 5. The summed E-state index contributed by atoms with van der Waals surface area (Å²) in [4.78, 5) is 42.8. The van der Waals surface area contributed by atoms with Gasteiger partial charge in [0.2, 0.25) is 29.6 Å². The van der Waals surface area contributed by atoms with E-state index < -0.39 is 0 Å². The minimum absolute atomic E-state index is 0.0233. The van der Waals surface area contributed by atoms with Crippen molar-refractivity contribution in [3.63, 3.8) is 0 Å². The lowest BCUT2D eigenvalue weighted by molar-refractivity contribution is -0.137. The molecule has 0 spiro atoms. The minimum Gasteiger partial charge on any atom is -0.385 e. The third-order valence-electron chi connectivity index (χ3n) is 9.91. The second kappa shape index (κ2) is 15.7. The number of piperidine rings is 1. The van der Waals surface area contributed by atoms with Crippen LogP contribution in [-0.4, -0.2) is 73.3 Å². The van der Waals surface area contributed by atoms with E-state index in [-0.39, 0.29) is 29.7 Å². The number of rotatable bonds is 14. The number of benzene rings is 2. The average molecular weight is 692 g/mol. The van der Waals surface area contributed by atoms with E-state index in [0.29, 0.717) is 57.2 Å². The number of hydrogen-bond acceptors (Lipinski definition) is 11. The van der Waals surface area contributed by atoms with Crippen molar-refractivity contribution in [2.24, 2.45) is 0 Å². The zero-order valence-electron chi connectivity index (χ0n) is 28.8. The molecule has 1 saturated heterocycles. The monoisotopic (exact) mass is 691 g/mol. The zero-order valence-corrected chi connectivity index (χ0v) is 28.8. The molecule has 51 heavy (non-hydrogen) atoms. The van der Waals surface area contributed by atoms with Crippen LogP contribution in [0.5, 0.6) is 0 Å². The minimum atomic E-state index is -0.261. The summed E-state index contributed by atoms with van der Waals surface area (Å²) in [6, 6.07) is 16.3. The summed E-state index contributed by atoms with van der Waals surface area (Å²) in [5.74, 6) is 0.750. The Balaban J connectivity index is 0.779. The first-order chi connectivity index (χ1) is 24.9. The predicted octanol–water partition coefficient (Wildman–Crippen LogP) is 3.51. The standard InChI is InChI=1S/C37H45N11O3/c38-36-43-37(46-48(36)31-21-25-11-7-10-24-9-4-5-13-27(24)34(25)45-44-31)41-20-19-40-32(49)15-3-1-2-6-18-39-29-14-8-12-26-22-47(23-28(26)29)30-16-17-33(50)42-35(30)51/h4-5,8-9,12-14,21,30,39H,1-3,6-7,10-11,15-20,22-23H2,(H,40,49)(H,42,50,51)(H3,38,41,43,46). The molecular weight excluding hydrogens is 646 g/mol. The summed E-state index contributed by atoms with van der Waals surface area (Å²) in [7, 11) is 0. The molecule has 14 nitrogen and oxygen atoms in total. The van der Waals surface area contributed by atoms with Gasteiger partial charge in [0, 0.05) is 56.8 Å². The number of imide groups is 1. The second-order valence-electron chi connectivity index (χ2n) is 13.5. The van der Waals surface area contributed by atoms with Crippen molar-refractivity contribution >= 4 is 35.3 Å². The normalized spacial score (nSPS) is 16.8. The molecule has 1 atom stereocenters. The van der Waals surface area contributed by atoms with Gasteiger partial charge in [0.05, 0.1) is 11.7 Å². The van der Waals surface area contributed by atoms with E-state index >= 15 is 0 Å². The van der Waals surface area contributed by atoms with E-state index in [0.717, 1.165) is 74.0 Å². The Hall–Kier alpha value is -5.37. The van der Waals surface area contributed by atoms with Gasteiger partial charge in [-0.25, -0.2) is 0 Å². The number of amides is 3. The lowest BCUT2D eigenvalue weighted by atomic mass is 10.0. The van der Waals surface area contributed by atoms with E-state index in [1.807, 2.05) is 18.2 Å². The van der Waals surface area contributed by atoms with Crippen LogP contribution in [0.15, 0.2) is 48.5 Å². The number of nitrogens with one attached hydrogen (secondary N) is 4. The Bertz CT molecular complexity index is 1910. The SMILES string of the molecule is Nc1nc(NCCNC(=O)CCCCCCNc2cccc3c2CN(C2CCC(=O)NC2=O)C3)nn1-c1cc2c(nn1)-c1ccccc1CCC2. The number of aryl methyl sites for hydroxylation is 2. The highest BCUT2D eigenvalue weighted by Crippen LogP contribution is 2.33. The Kier molecular flexibility index (Phi) is 10.5. The number of carbonyl (C=O) groups is 3. The third kappa shape index (κ3) is 8.01. The lowest BCUT2D eigenvalue weighted by Crippen LogP contribution is -2.50. The molecule has 2 aliphatic heterocycles. The maximum atomic E-state index is 12.4. The van der Waals surface area contributed by atoms with Gasteiger partial charge in [-0.3, -0.25) is 24.6 Å². The maximum Gasteiger partial charge on any atom is 0.244 e. The van der Waals surface area contributed by atoms with Crippen LogP contribution >= 0.6 is 0 Å². The topological polar surface area (TPSA) is 185 Å². The molecule has 1 unspecified atom stereocenters. The van der Waals surface area contributed by atoms with E-state index in [2.05, 4.69) is 76.8 Å². The van der Waals surface area contributed by atoms with Gasteiger partial charge < -0.3 is 21.7 Å². The van der Waals surface area contributed by atoms with Gasteiger partial charge in [-0.1, -0.05) is 49.2 Å². The van der Waals surface area contributed by atoms with Crippen molar-refractivity contribution in [1.29, 1.82) is 0 Å².